The summed E-state index contributed by atoms with van der Waals surface area (Å²) in [5, 5.41) is 11.2. The third-order valence-corrected chi connectivity index (χ3v) is 3.20. The Hall–Kier alpha value is -2.79. The molecule has 0 bridgehead atoms. The molecule has 3 aromatic carbocycles. The van der Waals surface area contributed by atoms with Crippen LogP contribution < -0.4 is 4.74 Å². The van der Waals surface area contributed by atoms with Crippen molar-refractivity contribution in [2.24, 2.45) is 0 Å². The molecule has 0 aliphatic carbocycles. The first-order valence-electron chi connectivity index (χ1n) is 6.46. The Morgan fingerprint density at radius 2 is 1.60 bits per heavy atom. The summed E-state index contributed by atoms with van der Waals surface area (Å²) in [6, 6.07) is 23.8. The molecule has 3 rings (SSSR count). The topological polar surface area (TPSA) is 33.0 Å². The lowest BCUT2D eigenvalue weighted by molar-refractivity contribution is 0.306. The van der Waals surface area contributed by atoms with Crippen molar-refractivity contribution in [3.63, 3.8) is 0 Å². The predicted molar refractivity (Wildman–Crippen MR) is 79.4 cm³/mol. The van der Waals surface area contributed by atoms with Crippen LogP contribution in [0, 0.1) is 11.3 Å². The van der Waals surface area contributed by atoms with E-state index in [1.807, 2.05) is 24.3 Å². The van der Waals surface area contributed by atoms with Gasteiger partial charge in [0.1, 0.15) is 12.4 Å². The monoisotopic (exact) mass is 259 g/mol. The molecule has 0 amide bonds. The minimum Gasteiger partial charge on any atom is -0.489 e. The van der Waals surface area contributed by atoms with Crippen molar-refractivity contribution in [2.45, 2.75) is 6.61 Å². The summed E-state index contributed by atoms with van der Waals surface area (Å²) in [6.45, 7) is 0.525. The summed E-state index contributed by atoms with van der Waals surface area (Å²) >= 11 is 0. The van der Waals surface area contributed by atoms with Crippen LogP contribution in [-0.4, -0.2) is 0 Å². The van der Waals surface area contributed by atoms with Gasteiger partial charge in [-0.25, -0.2) is 0 Å². The van der Waals surface area contributed by atoms with Crippen molar-refractivity contribution in [3.05, 3.63) is 77.9 Å². The van der Waals surface area contributed by atoms with Gasteiger partial charge >= 0.3 is 0 Å². The Bertz CT molecular complexity index is 769. The number of benzene rings is 3. The molecule has 0 atom stereocenters. The molecule has 0 spiro atoms. The van der Waals surface area contributed by atoms with E-state index >= 15 is 0 Å². The highest BCUT2D eigenvalue weighted by atomic mass is 16.5. The second-order valence-corrected chi connectivity index (χ2v) is 4.61. The fraction of sp³-hybridized carbons (Fsp3) is 0.0556. The molecule has 0 unspecified atom stereocenters. The molecule has 0 saturated heterocycles. The molecule has 2 heteroatoms. The highest BCUT2D eigenvalue weighted by Gasteiger charge is 1.99. The smallest absolute Gasteiger partial charge is 0.119 e. The van der Waals surface area contributed by atoms with Crippen molar-refractivity contribution in [3.8, 4) is 11.8 Å². The Kier molecular flexibility index (Phi) is 3.34. The maximum Gasteiger partial charge on any atom is 0.119 e. The van der Waals surface area contributed by atoms with E-state index in [2.05, 4.69) is 36.4 Å². The standard InChI is InChI=1S/C18H13NO/c19-12-14-6-9-18(10-7-14)20-13-15-5-8-16-3-1-2-4-17(16)11-15/h1-11H,13H2. The van der Waals surface area contributed by atoms with Crippen molar-refractivity contribution in [1.29, 1.82) is 5.26 Å². The molecular formula is C18H13NO. The quantitative estimate of drug-likeness (QED) is 0.703. The van der Waals surface area contributed by atoms with Crippen LogP contribution in [0.1, 0.15) is 11.1 Å². The molecule has 0 aromatic heterocycles. The number of nitriles is 1. The first kappa shape index (κ1) is 12.3. The summed E-state index contributed by atoms with van der Waals surface area (Å²) in [5.74, 6) is 0.775. The molecule has 2 nitrogen and oxygen atoms in total. The van der Waals surface area contributed by atoms with Crippen LogP contribution in [0.25, 0.3) is 10.8 Å². The van der Waals surface area contributed by atoms with E-state index in [-0.39, 0.29) is 0 Å². The van der Waals surface area contributed by atoms with Gasteiger partial charge in [0.2, 0.25) is 0 Å². The molecule has 0 fully saturated rings. The van der Waals surface area contributed by atoms with Gasteiger partial charge in [-0.2, -0.15) is 5.26 Å². The first-order valence-corrected chi connectivity index (χ1v) is 6.46. The SMILES string of the molecule is N#Cc1ccc(OCc2ccc3ccccc3c2)cc1. The van der Waals surface area contributed by atoms with Gasteiger partial charge in [-0.1, -0.05) is 36.4 Å². The van der Waals surface area contributed by atoms with Gasteiger partial charge in [-0.3, -0.25) is 0 Å². The van der Waals surface area contributed by atoms with Crippen molar-refractivity contribution >= 4 is 10.8 Å². The van der Waals surface area contributed by atoms with Crippen LogP contribution in [0.2, 0.25) is 0 Å². The van der Waals surface area contributed by atoms with Gasteiger partial charge in [0.15, 0.2) is 0 Å². The minimum atomic E-state index is 0.525. The van der Waals surface area contributed by atoms with Crippen molar-refractivity contribution < 1.29 is 4.74 Å². The van der Waals surface area contributed by atoms with Crippen LogP contribution >= 0.6 is 0 Å². The lowest BCUT2D eigenvalue weighted by Crippen LogP contribution is -1.95. The maximum absolute atomic E-state index is 8.75. The minimum absolute atomic E-state index is 0.525. The Morgan fingerprint density at radius 1 is 0.850 bits per heavy atom. The van der Waals surface area contributed by atoms with E-state index in [0.717, 1.165) is 11.3 Å². The predicted octanol–water partition coefficient (Wildman–Crippen LogP) is 4.29. The third-order valence-electron chi connectivity index (χ3n) is 3.20. The van der Waals surface area contributed by atoms with Gasteiger partial charge in [0.25, 0.3) is 0 Å². The zero-order valence-corrected chi connectivity index (χ0v) is 10.9. The zero-order chi connectivity index (χ0) is 13.8. The number of ether oxygens (including phenoxy) is 1. The van der Waals surface area contributed by atoms with Gasteiger partial charge in [-0.05, 0) is 46.7 Å². The van der Waals surface area contributed by atoms with E-state index in [0.29, 0.717) is 12.2 Å². The molecule has 0 N–H and O–H groups in total. The van der Waals surface area contributed by atoms with Gasteiger partial charge in [0.05, 0.1) is 11.6 Å². The van der Waals surface area contributed by atoms with Crippen LogP contribution in [0.3, 0.4) is 0 Å². The molecule has 0 heterocycles. The third kappa shape index (κ3) is 2.62. The molecule has 0 radical (unpaired) electrons. The van der Waals surface area contributed by atoms with Crippen LogP contribution in [-0.2, 0) is 6.61 Å². The number of hydrogen-bond acceptors (Lipinski definition) is 2. The van der Waals surface area contributed by atoms with Gasteiger partial charge in [-0.15, -0.1) is 0 Å². The molecule has 0 saturated carbocycles. The summed E-state index contributed by atoms with van der Waals surface area (Å²) in [7, 11) is 0. The highest BCUT2D eigenvalue weighted by molar-refractivity contribution is 5.82. The summed E-state index contributed by atoms with van der Waals surface area (Å²) in [6.07, 6.45) is 0. The largest absolute Gasteiger partial charge is 0.489 e. The fourth-order valence-electron chi connectivity index (χ4n) is 2.12. The van der Waals surface area contributed by atoms with Crippen molar-refractivity contribution in [1.82, 2.24) is 0 Å². The molecule has 20 heavy (non-hydrogen) atoms. The molecular weight excluding hydrogens is 246 g/mol. The van der Waals surface area contributed by atoms with Crippen LogP contribution in [0.5, 0.6) is 5.75 Å². The second-order valence-electron chi connectivity index (χ2n) is 4.61. The average molecular weight is 259 g/mol. The first-order chi connectivity index (χ1) is 9.85. The van der Waals surface area contributed by atoms with Gasteiger partial charge < -0.3 is 4.74 Å². The number of hydrogen-bond donors (Lipinski definition) is 0. The summed E-state index contributed by atoms with van der Waals surface area (Å²) in [5.41, 5.74) is 1.77. The van der Waals surface area contributed by atoms with E-state index in [9.17, 15) is 0 Å². The Balaban J connectivity index is 1.74. The number of nitrogens with zero attached hydrogens (tertiary/aromatic N) is 1. The lowest BCUT2D eigenvalue weighted by Gasteiger charge is -2.07. The number of fused-ring (bicyclic) bond motifs is 1. The van der Waals surface area contributed by atoms with Crippen molar-refractivity contribution in [2.75, 3.05) is 0 Å². The molecule has 3 aromatic rings. The summed E-state index contributed by atoms with van der Waals surface area (Å²) < 4.78 is 5.73. The lowest BCUT2D eigenvalue weighted by atomic mass is 10.1. The van der Waals surface area contributed by atoms with Gasteiger partial charge in [0, 0.05) is 0 Å². The normalized spacial score (nSPS) is 10.2. The average Bonchev–Trinajstić information content (AvgIpc) is 2.53. The highest BCUT2D eigenvalue weighted by Crippen LogP contribution is 2.18. The molecule has 0 aliphatic heterocycles. The molecule has 96 valence electrons. The second kappa shape index (κ2) is 5.46. The molecule has 0 aliphatic rings. The zero-order valence-electron chi connectivity index (χ0n) is 10.9. The maximum atomic E-state index is 8.75. The van der Waals surface area contributed by atoms with E-state index in [1.54, 1.807) is 12.1 Å². The Labute approximate surface area is 117 Å². The van der Waals surface area contributed by atoms with E-state index in [4.69, 9.17) is 10.00 Å². The van der Waals surface area contributed by atoms with Crippen LogP contribution in [0.15, 0.2) is 66.7 Å². The Morgan fingerprint density at radius 3 is 2.35 bits per heavy atom. The van der Waals surface area contributed by atoms with E-state index in [1.165, 1.54) is 10.8 Å². The van der Waals surface area contributed by atoms with E-state index < -0.39 is 0 Å². The number of rotatable bonds is 3. The van der Waals surface area contributed by atoms with Crippen LogP contribution in [0.4, 0.5) is 0 Å². The fourth-order valence-corrected chi connectivity index (χ4v) is 2.12. The summed E-state index contributed by atoms with van der Waals surface area (Å²) in [4.78, 5) is 0.